The second-order valence-electron chi connectivity index (χ2n) is 5.02. The topological polar surface area (TPSA) is 101 Å². The van der Waals surface area contributed by atoms with Gasteiger partial charge in [-0.25, -0.2) is 15.0 Å². The molecule has 0 amide bonds. The van der Waals surface area contributed by atoms with E-state index in [0.717, 1.165) is 37.8 Å². The van der Waals surface area contributed by atoms with Gasteiger partial charge in [-0.15, -0.1) is 0 Å². The maximum atomic E-state index is 6.06. The molecule has 9 heteroatoms. The first-order valence-electron chi connectivity index (χ1n) is 7.14. The van der Waals surface area contributed by atoms with Crippen LogP contribution in [0.15, 0.2) is 29.6 Å². The molecule has 1 fully saturated rings. The van der Waals surface area contributed by atoms with E-state index in [0.29, 0.717) is 12.5 Å². The summed E-state index contributed by atoms with van der Waals surface area (Å²) in [7, 11) is 1.78. The fraction of sp³-hybridized carbons (Fsp3) is 0.462. The highest BCUT2D eigenvalue weighted by molar-refractivity contribution is 5.78. The fourth-order valence-electron chi connectivity index (χ4n) is 2.31. The Hall–Kier alpha value is -2.71. The minimum absolute atomic E-state index is 0.446. The Morgan fingerprint density at radius 2 is 1.95 bits per heavy atom. The lowest BCUT2D eigenvalue weighted by Gasteiger charge is -2.35. The molecule has 0 bridgehead atoms. The maximum absolute atomic E-state index is 6.06. The van der Waals surface area contributed by atoms with Crippen molar-refractivity contribution in [2.24, 2.45) is 17.8 Å². The lowest BCUT2D eigenvalue weighted by Crippen LogP contribution is -2.51. The SMILES string of the molecule is Cn1ncc(CN=C(N)N2CCN(c3ncccn3)CC2)n1. The summed E-state index contributed by atoms with van der Waals surface area (Å²) in [5.74, 6) is 1.30. The lowest BCUT2D eigenvalue weighted by atomic mass is 10.3. The van der Waals surface area contributed by atoms with Gasteiger partial charge < -0.3 is 15.5 Å². The molecule has 0 unspecified atom stereocenters. The van der Waals surface area contributed by atoms with Crippen molar-refractivity contribution in [3.8, 4) is 0 Å². The van der Waals surface area contributed by atoms with Gasteiger partial charge in [0.2, 0.25) is 5.95 Å². The van der Waals surface area contributed by atoms with Crippen molar-refractivity contribution < 1.29 is 0 Å². The van der Waals surface area contributed by atoms with Gasteiger partial charge in [0.15, 0.2) is 5.96 Å². The first-order valence-corrected chi connectivity index (χ1v) is 7.14. The van der Waals surface area contributed by atoms with Crippen molar-refractivity contribution in [1.82, 2.24) is 29.9 Å². The number of hydrogen-bond acceptors (Lipinski definition) is 6. The zero-order valence-corrected chi connectivity index (χ0v) is 12.5. The van der Waals surface area contributed by atoms with E-state index in [1.807, 2.05) is 6.07 Å². The molecular weight excluding hydrogens is 282 g/mol. The zero-order valence-electron chi connectivity index (χ0n) is 12.5. The van der Waals surface area contributed by atoms with Crippen molar-refractivity contribution in [2.75, 3.05) is 31.1 Å². The van der Waals surface area contributed by atoms with Gasteiger partial charge in [0, 0.05) is 45.6 Å². The predicted octanol–water partition coefficient (Wildman–Crippen LogP) is -0.758. The Kier molecular flexibility index (Phi) is 4.12. The summed E-state index contributed by atoms with van der Waals surface area (Å²) in [5, 5.41) is 8.19. The van der Waals surface area contributed by atoms with Crippen LogP contribution in [-0.2, 0) is 13.6 Å². The van der Waals surface area contributed by atoms with Gasteiger partial charge in [0.05, 0.1) is 12.7 Å². The van der Waals surface area contributed by atoms with Crippen molar-refractivity contribution in [3.05, 3.63) is 30.4 Å². The summed E-state index contributed by atoms with van der Waals surface area (Å²) in [6.45, 7) is 3.69. The van der Waals surface area contributed by atoms with E-state index in [2.05, 4.69) is 35.0 Å². The molecule has 1 aliphatic heterocycles. The number of guanidine groups is 1. The number of aromatic nitrogens is 5. The van der Waals surface area contributed by atoms with Gasteiger partial charge in [0.25, 0.3) is 0 Å². The number of piperazine rings is 1. The molecule has 0 aromatic carbocycles. The fourth-order valence-corrected chi connectivity index (χ4v) is 2.31. The average molecular weight is 301 g/mol. The van der Waals surface area contributed by atoms with E-state index in [4.69, 9.17) is 5.73 Å². The van der Waals surface area contributed by atoms with E-state index in [1.54, 1.807) is 25.6 Å². The molecular formula is C13H19N9. The highest BCUT2D eigenvalue weighted by Gasteiger charge is 2.19. The summed E-state index contributed by atoms with van der Waals surface area (Å²) in [6.07, 6.45) is 5.21. The van der Waals surface area contributed by atoms with Crippen molar-refractivity contribution >= 4 is 11.9 Å². The molecule has 1 saturated heterocycles. The Morgan fingerprint density at radius 3 is 2.59 bits per heavy atom. The number of aliphatic imine (C=N–C) groups is 1. The summed E-state index contributed by atoms with van der Waals surface area (Å²) < 4.78 is 0. The molecule has 0 aliphatic carbocycles. The van der Waals surface area contributed by atoms with E-state index >= 15 is 0 Å². The highest BCUT2D eigenvalue weighted by atomic mass is 15.4. The molecule has 1 aliphatic rings. The summed E-state index contributed by atoms with van der Waals surface area (Å²) in [5.41, 5.74) is 6.87. The molecule has 2 N–H and O–H groups in total. The quantitative estimate of drug-likeness (QED) is 0.587. The van der Waals surface area contributed by atoms with Crippen LogP contribution >= 0.6 is 0 Å². The minimum Gasteiger partial charge on any atom is -0.370 e. The lowest BCUT2D eigenvalue weighted by molar-refractivity contribution is 0.378. The van der Waals surface area contributed by atoms with E-state index in [1.165, 1.54) is 4.80 Å². The second-order valence-corrected chi connectivity index (χ2v) is 5.02. The molecule has 3 heterocycles. The van der Waals surface area contributed by atoms with Gasteiger partial charge in [-0.2, -0.15) is 15.0 Å². The molecule has 0 saturated carbocycles. The van der Waals surface area contributed by atoms with Crippen LogP contribution in [0.4, 0.5) is 5.95 Å². The Morgan fingerprint density at radius 1 is 1.23 bits per heavy atom. The minimum atomic E-state index is 0.446. The molecule has 9 nitrogen and oxygen atoms in total. The smallest absolute Gasteiger partial charge is 0.225 e. The highest BCUT2D eigenvalue weighted by Crippen LogP contribution is 2.09. The molecule has 3 rings (SSSR count). The van der Waals surface area contributed by atoms with Gasteiger partial charge in [0.1, 0.15) is 5.69 Å². The van der Waals surface area contributed by atoms with Crippen LogP contribution in [0.3, 0.4) is 0 Å². The molecule has 0 spiro atoms. The summed E-state index contributed by atoms with van der Waals surface area (Å²) in [6, 6.07) is 1.82. The first-order chi connectivity index (χ1) is 10.7. The second kappa shape index (κ2) is 6.37. The van der Waals surface area contributed by atoms with Crippen LogP contribution in [0.25, 0.3) is 0 Å². The molecule has 0 radical (unpaired) electrons. The van der Waals surface area contributed by atoms with Crippen LogP contribution in [0.5, 0.6) is 0 Å². The normalized spacial score (nSPS) is 16.1. The van der Waals surface area contributed by atoms with Crippen LogP contribution in [0.1, 0.15) is 5.69 Å². The van der Waals surface area contributed by atoms with Gasteiger partial charge in [-0.1, -0.05) is 0 Å². The van der Waals surface area contributed by atoms with Crippen molar-refractivity contribution in [3.63, 3.8) is 0 Å². The van der Waals surface area contributed by atoms with Crippen LogP contribution in [0, 0.1) is 0 Å². The number of rotatable bonds is 3. The van der Waals surface area contributed by atoms with E-state index in [-0.39, 0.29) is 0 Å². The van der Waals surface area contributed by atoms with Gasteiger partial charge in [-0.3, -0.25) is 0 Å². The first kappa shape index (κ1) is 14.2. The zero-order chi connectivity index (χ0) is 15.4. The van der Waals surface area contributed by atoms with E-state index in [9.17, 15) is 0 Å². The number of aryl methyl sites for hydroxylation is 1. The van der Waals surface area contributed by atoms with Gasteiger partial charge >= 0.3 is 0 Å². The van der Waals surface area contributed by atoms with Crippen LogP contribution < -0.4 is 10.6 Å². The number of nitrogens with two attached hydrogens (primary N) is 1. The Bertz CT molecular complexity index is 628. The number of nitrogens with zero attached hydrogens (tertiary/aromatic N) is 8. The number of hydrogen-bond donors (Lipinski definition) is 1. The summed E-state index contributed by atoms with van der Waals surface area (Å²) in [4.78, 5) is 18.6. The third-order valence-corrected chi connectivity index (χ3v) is 3.49. The third-order valence-electron chi connectivity index (χ3n) is 3.49. The largest absolute Gasteiger partial charge is 0.370 e. The van der Waals surface area contributed by atoms with Crippen molar-refractivity contribution in [1.29, 1.82) is 0 Å². The van der Waals surface area contributed by atoms with Gasteiger partial charge in [-0.05, 0) is 6.07 Å². The Labute approximate surface area is 128 Å². The summed E-state index contributed by atoms with van der Waals surface area (Å²) >= 11 is 0. The third kappa shape index (κ3) is 3.30. The molecule has 2 aromatic rings. The van der Waals surface area contributed by atoms with E-state index < -0.39 is 0 Å². The molecule has 0 atom stereocenters. The van der Waals surface area contributed by atoms with Crippen LogP contribution in [0.2, 0.25) is 0 Å². The predicted molar refractivity (Wildman–Crippen MR) is 82.1 cm³/mol. The molecule has 2 aromatic heterocycles. The average Bonchev–Trinajstić information content (AvgIpc) is 2.99. The monoisotopic (exact) mass is 301 g/mol. The van der Waals surface area contributed by atoms with Crippen molar-refractivity contribution in [2.45, 2.75) is 6.54 Å². The number of anilines is 1. The maximum Gasteiger partial charge on any atom is 0.225 e. The van der Waals surface area contributed by atoms with Crippen LogP contribution in [-0.4, -0.2) is 62.0 Å². The Balaban J connectivity index is 1.54. The molecule has 116 valence electrons. The standard InChI is InChI=1S/C13H19N9/c1-20-18-10-11(19-20)9-17-12(14)21-5-7-22(8-6-21)13-15-3-2-4-16-13/h2-4,10H,5-9H2,1H3,(H2,14,17). The molecule has 22 heavy (non-hydrogen) atoms.